The van der Waals surface area contributed by atoms with Crippen molar-refractivity contribution < 1.29 is 9.53 Å². The largest absolute Gasteiger partial charge is 0.379 e. The van der Waals surface area contributed by atoms with Crippen molar-refractivity contribution in [2.24, 2.45) is 5.92 Å². The van der Waals surface area contributed by atoms with E-state index in [-0.39, 0.29) is 12.1 Å². The molecule has 5 nitrogen and oxygen atoms in total. The lowest BCUT2D eigenvalue weighted by atomic mass is 10.1. The fraction of sp³-hybridized carbons (Fsp3) is 0.409. The van der Waals surface area contributed by atoms with Gasteiger partial charge in [-0.1, -0.05) is 48.5 Å². The molecule has 5 heteroatoms. The van der Waals surface area contributed by atoms with Crippen LogP contribution in [0.4, 0.5) is 4.79 Å². The second-order valence-electron chi connectivity index (χ2n) is 7.71. The van der Waals surface area contributed by atoms with Crippen molar-refractivity contribution in [2.45, 2.75) is 6.04 Å². The van der Waals surface area contributed by atoms with E-state index in [9.17, 15) is 4.79 Å². The van der Waals surface area contributed by atoms with E-state index < -0.39 is 0 Å². The first-order valence-corrected chi connectivity index (χ1v) is 9.59. The predicted molar refractivity (Wildman–Crippen MR) is 107 cm³/mol. The summed E-state index contributed by atoms with van der Waals surface area (Å²) in [7, 11) is 4.11. The third-order valence-electron chi connectivity index (χ3n) is 5.35. The van der Waals surface area contributed by atoms with Crippen molar-refractivity contribution in [3.8, 4) is 11.1 Å². The number of carbonyl (C=O) groups excluding carboxylic acids is 1. The van der Waals surface area contributed by atoms with Gasteiger partial charge in [0.1, 0.15) is 0 Å². The fourth-order valence-electron chi connectivity index (χ4n) is 4.22. The Kier molecular flexibility index (Phi) is 5.14. The second-order valence-corrected chi connectivity index (χ2v) is 7.71. The normalized spacial score (nSPS) is 19.5. The molecule has 2 aliphatic rings. The third-order valence-corrected chi connectivity index (χ3v) is 5.35. The van der Waals surface area contributed by atoms with Crippen LogP contribution in [0.2, 0.25) is 0 Å². The van der Waals surface area contributed by atoms with Gasteiger partial charge in [-0.2, -0.15) is 0 Å². The number of amides is 2. The lowest BCUT2D eigenvalue weighted by Crippen LogP contribution is -2.45. The van der Waals surface area contributed by atoms with Crippen LogP contribution in [0, 0.1) is 5.92 Å². The Labute approximate surface area is 160 Å². The molecule has 0 radical (unpaired) electrons. The summed E-state index contributed by atoms with van der Waals surface area (Å²) in [6.07, 6.45) is 0. The Morgan fingerprint density at radius 1 is 1.11 bits per heavy atom. The number of fused-ring (bicyclic) bond motifs is 3. The quantitative estimate of drug-likeness (QED) is 0.910. The monoisotopic (exact) mass is 365 g/mol. The van der Waals surface area contributed by atoms with Gasteiger partial charge in [0, 0.05) is 25.6 Å². The SMILES string of the molecule is CN(C)C[C@@H]1COCCN(C(=O)NC2c3ccccc3-c3ccccc32)C1. The summed E-state index contributed by atoms with van der Waals surface area (Å²) < 4.78 is 5.72. The van der Waals surface area contributed by atoms with Gasteiger partial charge in [0.05, 0.1) is 19.3 Å². The number of benzene rings is 2. The van der Waals surface area contributed by atoms with Gasteiger partial charge in [-0.05, 0) is 36.3 Å². The molecule has 1 saturated heterocycles. The van der Waals surface area contributed by atoms with Gasteiger partial charge in [-0.15, -0.1) is 0 Å². The molecule has 2 amide bonds. The highest BCUT2D eigenvalue weighted by Gasteiger charge is 2.31. The highest BCUT2D eigenvalue weighted by molar-refractivity contribution is 5.82. The Morgan fingerprint density at radius 3 is 2.37 bits per heavy atom. The number of rotatable bonds is 3. The maximum atomic E-state index is 13.1. The van der Waals surface area contributed by atoms with Crippen LogP contribution in [0.1, 0.15) is 17.2 Å². The van der Waals surface area contributed by atoms with E-state index in [4.69, 9.17) is 4.74 Å². The van der Waals surface area contributed by atoms with Gasteiger partial charge < -0.3 is 19.9 Å². The van der Waals surface area contributed by atoms with Gasteiger partial charge in [0.2, 0.25) is 0 Å². The molecule has 1 aliphatic heterocycles. The number of hydrogen-bond donors (Lipinski definition) is 1. The number of carbonyl (C=O) groups is 1. The van der Waals surface area contributed by atoms with Crippen molar-refractivity contribution in [1.82, 2.24) is 15.1 Å². The van der Waals surface area contributed by atoms with Crippen molar-refractivity contribution in [3.05, 3.63) is 59.7 Å². The van der Waals surface area contributed by atoms with E-state index in [1.54, 1.807) is 0 Å². The van der Waals surface area contributed by atoms with Crippen LogP contribution in [0.15, 0.2) is 48.5 Å². The van der Waals surface area contributed by atoms with E-state index in [1.165, 1.54) is 22.3 Å². The van der Waals surface area contributed by atoms with E-state index in [2.05, 4.69) is 60.7 Å². The van der Waals surface area contributed by atoms with Crippen LogP contribution >= 0.6 is 0 Å². The Hall–Kier alpha value is -2.37. The smallest absolute Gasteiger partial charge is 0.318 e. The van der Waals surface area contributed by atoms with Crippen LogP contribution < -0.4 is 5.32 Å². The zero-order valence-corrected chi connectivity index (χ0v) is 16.0. The van der Waals surface area contributed by atoms with E-state index in [0.29, 0.717) is 25.7 Å². The highest BCUT2D eigenvalue weighted by Crippen LogP contribution is 2.43. The molecular formula is C22H27N3O2. The average molecular weight is 365 g/mol. The molecule has 1 fully saturated rings. The summed E-state index contributed by atoms with van der Waals surface area (Å²) in [5.41, 5.74) is 4.76. The summed E-state index contributed by atoms with van der Waals surface area (Å²) in [5.74, 6) is 0.330. The van der Waals surface area contributed by atoms with Crippen LogP contribution in [0.3, 0.4) is 0 Å². The standard InChI is InChI=1S/C22H27N3O2/c1-24(2)13-16-14-25(11-12-27-15-16)22(26)23-21-19-9-5-3-7-17(19)18-8-4-6-10-20(18)21/h3-10,16,21H,11-15H2,1-2H3,(H,23,26)/t16-/m0/s1. The van der Waals surface area contributed by atoms with Crippen molar-refractivity contribution in [3.63, 3.8) is 0 Å². The Bertz CT molecular complexity index is 775. The molecule has 0 spiro atoms. The van der Waals surface area contributed by atoms with Gasteiger partial charge in [0.25, 0.3) is 0 Å². The minimum absolute atomic E-state index is 0.0132. The zero-order valence-electron chi connectivity index (χ0n) is 16.0. The number of urea groups is 1. The molecule has 1 atom stereocenters. The van der Waals surface area contributed by atoms with Gasteiger partial charge in [-0.3, -0.25) is 0 Å². The molecule has 2 aromatic carbocycles. The minimum atomic E-state index is -0.0960. The molecule has 0 bridgehead atoms. The molecule has 4 rings (SSSR count). The molecule has 142 valence electrons. The second kappa shape index (κ2) is 7.71. The lowest BCUT2D eigenvalue weighted by molar-refractivity contribution is 0.112. The van der Waals surface area contributed by atoms with E-state index >= 15 is 0 Å². The average Bonchev–Trinajstić information content (AvgIpc) is 2.80. The molecule has 1 N–H and O–H groups in total. The Morgan fingerprint density at radius 2 is 1.74 bits per heavy atom. The maximum Gasteiger partial charge on any atom is 0.318 e. The Balaban J connectivity index is 1.54. The van der Waals surface area contributed by atoms with Crippen LogP contribution in [0.5, 0.6) is 0 Å². The van der Waals surface area contributed by atoms with Gasteiger partial charge in [-0.25, -0.2) is 4.79 Å². The van der Waals surface area contributed by atoms with Crippen LogP contribution in [-0.2, 0) is 4.74 Å². The lowest BCUT2D eigenvalue weighted by Gasteiger charge is -2.27. The molecule has 0 aromatic heterocycles. The van der Waals surface area contributed by atoms with Gasteiger partial charge >= 0.3 is 6.03 Å². The van der Waals surface area contributed by atoms with E-state index in [1.807, 2.05) is 17.0 Å². The molecular weight excluding hydrogens is 338 g/mol. The topological polar surface area (TPSA) is 44.8 Å². The molecule has 2 aromatic rings. The van der Waals surface area contributed by atoms with Gasteiger partial charge in [0.15, 0.2) is 0 Å². The fourth-order valence-corrected chi connectivity index (χ4v) is 4.22. The summed E-state index contributed by atoms with van der Waals surface area (Å²) >= 11 is 0. The first-order chi connectivity index (χ1) is 13.1. The molecule has 1 heterocycles. The van der Waals surface area contributed by atoms with Crippen LogP contribution in [-0.4, -0.2) is 62.8 Å². The molecule has 0 saturated carbocycles. The van der Waals surface area contributed by atoms with Crippen molar-refractivity contribution in [2.75, 3.05) is 46.9 Å². The van der Waals surface area contributed by atoms with E-state index in [0.717, 1.165) is 13.1 Å². The first kappa shape index (κ1) is 18.0. The minimum Gasteiger partial charge on any atom is -0.379 e. The summed E-state index contributed by atoms with van der Waals surface area (Å²) in [6.45, 7) is 3.57. The number of hydrogen-bond acceptors (Lipinski definition) is 3. The molecule has 1 aliphatic carbocycles. The number of nitrogens with zero attached hydrogens (tertiary/aromatic N) is 2. The summed E-state index contributed by atoms with van der Waals surface area (Å²) in [6, 6.07) is 16.6. The maximum absolute atomic E-state index is 13.1. The van der Waals surface area contributed by atoms with Crippen molar-refractivity contribution in [1.29, 1.82) is 0 Å². The summed E-state index contributed by atoms with van der Waals surface area (Å²) in [5, 5.41) is 3.28. The number of ether oxygens (including phenoxy) is 1. The zero-order chi connectivity index (χ0) is 18.8. The summed E-state index contributed by atoms with van der Waals surface area (Å²) in [4.78, 5) is 17.2. The van der Waals surface area contributed by atoms with Crippen LogP contribution in [0.25, 0.3) is 11.1 Å². The molecule has 0 unspecified atom stereocenters. The number of nitrogens with one attached hydrogen (secondary N) is 1. The predicted octanol–water partition coefficient (Wildman–Crippen LogP) is 2.98. The highest BCUT2D eigenvalue weighted by atomic mass is 16.5. The third kappa shape index (κ3) is 3.70. The van der Waals surface area contributed by atoms with Crippen molar-refractivity contribution >= 4 is 6.03 Å². The molecule has 27 heavy (non-hydrogen) atoms. The first-order valence-electron chi connectivity index (χ1n) is 9.59.